The first-order valence-corrected chi connectivity index (χ1v) is 10.3. The van der Waals surface area contributed by atoms with Gasteiger partial charge in [-0.05, 0) is 43.7 Å². The van der Waals surface area contributed by atoms with Gasteiger partial charge in [0.2, 0.25) is 0 Å². The summed E-state index contributed by atoms with van der Waals surface area (Å²) in [5, 5.41) is 13.3. The summed E-state index contributed by atoms with van der Waals surface area (Å²) < 4.78 is 10.8. The monoisotopic (exact) mass is 453 g/mol. The number of para-hydroxylation sites is 1. The zero-order valence-electron chi connectivity index (χ0n) is 18.0. The Morgan fingerprint density at radius 3 is 2.50 bits per heavy atom. The summed E-state index contributed by atoms with van der Waals surface area (Å²) in [5.41, 5.74) is 2.77. The smallest absolute Gasteiger partial charge is 0.337 e. The third-order valence-electron chi connectivity index (χ3n) is 5.14. The molecule has 0 amide bonds. The second-order valence-electron chi connectivity index (χ2n) is 7.24. The lowest BCUT2D eigenvalue weighted by Crippen LogP contribution is -2.31. The number of ether oxygens (including phenoxy) is 2. The fourth-order valence-corrected chi connectivity index (χ4v) is 3.95. The predicted octanol–water partition coefficient (Wildman–Crippen LogP) is 4.92. The van der Waals surface area contributed by atoms with Crippen LogP contribution in [-0.4, -0.2) is 30.8 Å². The zero-order valence-corrected chi connectivity index (χ0v) is 18.8. The highest BCUT2D eigenvalue weighted by molar-refractivity contribution is 6.30. The molecule has 2 aromatic carbocycles. The number of carboxylic acid groups (broad SMARTS) is 1. The highest BCUT2D eigenvalue weighted by Crippen LogP contribution is 2.39. The molecule has 1 atom stereocenters. The number of dihydropyridines is 1. The van der Waals surface area contributed by atoms with E-state index in [0.29, 0.717) is 27.7 Å². The Bertz CT molecular complexity index is 1130. The number of methoxy groups -OCH3 is 1. The highest BCUT2D eigenvalue weighted by atomic mass is 35.5. The zero-order chi connectivity index (χ0) is 23.3. The molecular weight excluding hydrogens is 430 g/mol. The van der Waals surface area contributed by atoms with Crippen LogP contribution in [0.15, 0.2) is 77.1 Å². The number of hydrogen-bond acceptors (Lipinski definition) is 5. The number of nitrogens with one attached hydrogen (secondary N) is 1. The number of hydrogen-bond donors (Lipinski definition) is 2. The van der Waals surface area contributed by atoms with Gasteiger partial charge in [-0.3, -0.25) is 0 Å². The van der Waals surface area contributed by atoms with Crippen LogP contribution in [0.25, 0.3) is 6.08 Å². The average molecular weight is 454 g/mol. The van der Waals surface area contributed by atoms with Crippen molar-refractivity contribution >= 4 is 29.6 Å². The molecule has 32 heavy (non-hydrogen) atoms. The van der Waals surface area contributed by atoms with Crippen molar-refractivity contribution in [3.8, 4) is 5.75 Å². The first-order chi connectivity index (χ1) is 15.3. The maximum Gasteiger partial charge on any atom is 0.337 e. The van der Waals surface area contributed by atoms with E-state index in [1.807, 2.05) is 24.3 Å². The Morgan fingerprint density at radius 1 is 1.09 bits per heavy atom. The molecule has 0 aromatic heterocycles. The maximum atomic E-state index is 13.1. The number of allylic oxidation sites excluding steroid dienone is 2. The molecule has 3 rings (SSSR count). The average Bonchev–Trinajstić information content (AvgIpc) is 2.76. The molecule has 6 nitrogen and oxygen atoms in total. The first kappa shape index (κ1) is 23.2. The minimum atomic E-state index is -1.12. The Labute approximate surface area is 191 Å². The van der Waals surface area contributed by atoms with Gasteiger partial charge >= 0.3 is 11.9 Å². The van der Waals surface area contributed by atoms with E-state index >= 15 is 0 Å². The van der Waals surface area contributed by atoms with Crippen LogP contribution in [0.3, 0.4) is 0 Å². The lowest BCUT2D eigenvalue weighted by Gasteiger charge is -2.29. The molecule has 7 heteroatoms. The molecule has 166 valence electrons. The molecule has 0 spiro atoms. The van der Waals surface area contributed by atoms with Gasteiger partial charge in [0.25, 0.3) is 0 Å². The van der Waals surface area contributed by atoms with Crippen molar-refractivity contribution < 1.29 is 24.2 Å². The minimum absolute atomic E-state index is 0.0149. The van der Waals surface area contributed by atoms with Gasteiger partial charge < -0.3 is 19.9 Å². The number of carboxylic acids is 1. The number of benzene rings is 2. The van der Waals surface area contributed by atoms with Gasteiger partial charge in [-0.25, -0.2) is 9.59 Å². The molecule has 0 radical (unpaired) electrons. The molecule has 0 aliphatic carbocycles. The summed E-state index contributed by atoms with van der Waals surface area (Å²) in [6.45, 7) is 3.41. The molecule has 1 aliphatic heterocycles. The standard InChI is InChI=1S/C25H24ClNO5/c1-15-21(24(28)29)23(18-9-6-11-19(26)14-18)22(16(2)27-15)25(30)32-13-7-10-17-8-4-5-12-20(17)31-3/h4-12,14,23,27H,13H2,1-3H3,(H,28,29). The van der Waals surface area contributed by atoms with Gasteiger partial charge in [0.15, 0.2) is 0 Å². The van der Waals surface area contributed by atoms with Crippen molar-refractivity contribution in [1.82, 2.24) is 5.32 Å². The van der Waals surface area contributed by atoms with E-state index in [-0.39, 0.29) is 17.8 Å². The molecule has 1 aliphatic rings. The van der Waals surface area contributed by atoms with Crippen LogP contribution in [0, 0.1) is 0 Å². The number of halogens is 1. The van der Waals surface area contributed by atoms with Crippen molar-refractivity contribution in [2.24, 2.45) is 0 Å². The fraction of sp³-hybridized carbons (Fsp3) is 0.200. The van der Waals surface area contributed by atoms with E-state index in [2.05, 4.69) is 5.32 Å². The lowest BCUT2D eigenvalue weighted by atomic mass is 9.80. The summed E-state index contributed by atoms with van der Waals surface area (Å²) in [7, 11) is 1.59. The van der Waals surface area contributed by atoms with E-state index < -0.39 is 17.9 Å². The van der Waals surface area contributed by atoms with Gasteiger partial charge in [0, 0.05) is 22.0 Å². The molecule has 0 bridgehead atoms. The third-order valence-corrected chi connectivity index (χ3v) is 5.37. The van der Waals surface area contributed by atoms with Gasteiger partial charge in [-0.15, -0.1) is 0 Å². The molecule has 2 aromatic rings. The van der Waals surface area contributed by atoms with Crippen molar-refractivity contribution in [1.29, 1.82) is 0 Å². The Balaban J connectivity index is 1.86. The van der Waals surface area contributed by atoms with Crippen LogP contribution in [-0.2, 0) is 14.3 Å². The third kappa shape index (κ3) is 5.03. The second kappa shape index (κ2) is 10.2. The summed E-state index contributed by atoms with van der Waals surface area (Å²) in [6.07, 6.45) is 3.50. The Morgan fingerprint density at radius 2 is 1.81 bits per heavy atom. The van der Waals surface area contributed by atoms with E-state index in [4.69, 9.17) is 21.1 Å². The number of rotatable bonds is 7. The second-order valence-corrected chi connectivity index (χ2v) is 7.67. The number of esters is 1. The summed E-state index contributed by atoms with van der Waals surface area (Å²) in [6, 6.07) is 14.3. The summed E-state index contributed by atoms with van der Waals surface area (Å²) >= 11 is 6.15. The maximum absolute atomic E-state index is 13.1. The van der Waals surface area contributed by atoms with E-state index in [1.165, 1.54) is 0 Å². The number of carbonyl (C=O) groups excluding carboxylic acids is 1. The van der Waals surface area contributed by atoms with Crippen LogP contribution in [0.2, 0.25) is 5.02 Å². The fourth-order valence-electron chi connectivity index (χ4n) is 3.75. The van der Waals surface area contributed by atoms with Crippen molar-refractivity contribution in [2.75, 3.05) is 13.7 Å². The quantitative estimate of drug-likeness (QED) is 0.578. The summed E-state index contributed by atoms with van der Waals surface area (Å²) in [5.74, 6) is -1.82. The lowest BCUT2D eigenvalue weighted by molar-refractivity contribution is -0.138. The van der Waals surface area contributed by atoms with Crippen molar-refractivity contribution in [3.63, 3.8) is 0 Å². The SMILES string of the molecule is COc1ccccc1C=CCOC(=O)C1=C(C)NC(C)=C(C(=O)O)C1c1cccc(Cl)c1. The van der Waals surface area contributed by atoms with Crippen molar-refractivity contribution in [3.05, 3.63) is 93.3 Å². The number of carbonyl (C=O) groups is 2. The largest absolute Gasteiger partial charge is 0.496 e. The van der Waals surface area contributed by atoms with Crippen LogP contribution in [0.4, 0.5) is 0 Å². The molecule has 0 saturated carbocycles. The van der Waals surface area contributed by atoms with Gasteiger partial charge in [0.1, 0.15) is 12.4 Å². The molecule has 2 N–H and O–H groups in total. The minimum Gasteiger partial charge on any atom is -0.496 e. The van der Waals surface area contributed by atoms with Gasteiger partial charge in [-0.1, -0.05) is 48.0 Å². The van der Waals surface area contributed by atoms with Gasteiger partial charge in [0.05, 0.1) is 24.2 Å². The van der Waals surface area contributed by atoms with Crippen molar-refractivity contribution in [2.45, 2.75) is 19.8 Å². The molecule has 1 heterocycles. The van der Waals surface area contributed by atoms with Crippen LogP contribution >= 0.6 is 11.6 Å². The van der Waals surface area contributed by atoms with E-state index in [9.17, 15) is 14.7 Å². The van der Waals surface area contributed by atoms with E-state index in [1.54, 1.807) is 57.4 Å². The topological polar surface area (TPSA) is 84.9 Å². The normalized spacial score (nSPS) is 16.2. The number of aliphatic carboxylic acids is 1. The predicted molar refractivity (Wildman–Crippen MR) is 123 cm³/mol. The van der Waals surface area contributed by atoms with Gasteiger partial charge in [-0.2, -0.15) is 0 Å². The Hall–Kier alpha value is -3.51. The first-order valence-electron chi connectivity index (χ1n) is 9.97. The highest BCUT2D eigenvalue weighted by Gasteiger charge is 2.37. The van der Waals surface area contributed by atoms with Crippen LogP contribution in [0.5, 0.6) is 5.75 Å². The molecule has 0 saturated heterocycles. The summed E-state index contributed by atoms with van der Waals surface area (Å²) in [4.78, 5) is 25.1. The molecule has 0 fully saturated rings. The Kier molecular flexibility index (Phi) is 7.38. The molecule has 1 unspecified atom stereocenters. The van der Waals surface area contributed by atoms with Crippen LogP contribution < -0.4 is 10.1 Å². The molecular formula is C25H24ClNO5. The van der Waals surface area contributed by atoms with Crippen LogP contribution in [0.1, 0.15) is 30.9 Å². The van der Waals surface area contributed by atoms with E-state index in [0.717, 1.165) is 5.56 Å².